The largest absolute Gasteiger partial charge is 0.479 e. The van der Waals surface area contributed by atoms with Gasteiger partial charge in [0.05, 0.1) is 18.0 Å². The summed E-state index contributed by atoms with van der Waals surface area (Å²) in [5.74, 6) is -1.71. The zero-order chi connectivity index (χ0) is 15.9. The molecule has 0 saturated carbocycles. The zero-order valence-corrected chi connectivity index (χ0v) is 12.7. The van der Waals surface area contributed by atoms with Crippen molar-refractivity contribution in [3.05, 3.63) is 34.5 Å². The number of nitrogens with zero attached hydrogens (tertiary/aromatic N) is 1. The molecule has 1 saturated heterocycles. The second kappa shape index (κ2) is 5.66. The third-order valence-electron chi connectivity index (χ3n) is 3.73. The first-order chi connectivity index (χ1) is 10.5. The number of halogens is 1. The van der Waals surface area contributed by atoms with Crippen LogP contribution in [-0.2, 0) is 9.53 Å². The lowest BCUT2D eigenvalue weighted by Gasteiger charge is -2.30. The van der Waals surface area contributed by atoms with Gasteiger partial charge in [-0.1, -0.05) is 6.07 Å². The molecule has 5 nitrogen and oxygen atoms in total. The van der Waals surface area contributed by atoms with Gasteiger partial charge in [0.15, 0.2) is 6.10 Å². The van der Waals surface area contributed by atoms with Gasteiger partial charge in [-0.25, -0.2) is 9.18 Å². The van der Waals surface area contributed by atoms with Crippen molar-refractivity contribution in [2.75, 3.05) is 19.7 Å². The molecule has 2 heterocycles. The van der Waals surface area contributed by atoms with Crippen LogP contribution in [0.15, 0.2) is 18.2 Å². The fourth-order valence-electron chi connectivity index (χ4n) is 2.58. The number of hydrogen-bond acceptors (Lipinski definition) is 4. The van der Waals surface area contributed by atoms with Crippen LogP contribution >= 0.6 is 11.3 Å². The van der Waals surface area contributed by atoms with Crippen molar-refractivity contribution in [2.45, 2.75) is 13.0 Å². The Morgan fingerprint density at radius 1 is 1.45 bits per heavy atom. The lowest BCUT2D eigenvalue weighted by molar-refractivity contribution is -0.154. The van der Waals surface area contributed by atoms with E-state index < -0.39 is 12.1 Å². The van der Waals surface area contributed by atoms with Crippen molar-refractivity contribution in [3.63, 3.8) is 0 Å². The van der Waals surface area contributed by atoms with Crippen LogP contribution < -0.4 is 0 Å². The standard InChI is InChI=1S/C15H14FNO4S/c1-8-12-9(16)3-2-4-11(12)22-13(8)14(18)17-5-6-21-10(7-17)15(19)20/h2-4,10H,5-7H2,1H3,(H,19,20)/t10-/m0/s1. The number of thiophene rings is 1. The summed E-state index contributed by atoms with van der Waals surface area (Å²) in [6.07, 6.45) is -1.01. The summed E-state index contributed by atoms with van der Waals surface area (Å²) < 4.78 is 19.7. The minimum absolute atomic E-state index is 0.00430. The van der Waals surface area contributed by atoms with Crippen LogP contribution in [0, 0.1) is 12.7 Å². The summed E-state index contributed by atoms with van der Waals surface area (Å²) in [4.78, 5) is 25.5. The Morgan fingerprint density at radius 2 is 2.23 bits per heavy atom. The van der Waals surface area contributed by atoms with Crippen LogP contribution in [0.4, 0.5) is 4.39 Å². The number of carbonyl (C=O) groups is 2. The highest BCUT2D eigenvalue weighted by Crippen LogP contribution is 2.33. The number of aryl methyl sites for hydroxylation is 1. The van der Waals surface area contributed by atoms with E-state index in [1.54, 1.807) is 19.1 Å². The van der Waals surface area contributed by atoms with Crippen molar-refractivity contribution < 1.29 is 23.8 Å². The SMILES string of the molecule is Cc1c(C(=O)N2CCO[C@H](C(=O)O)C2)sc2cccc(F)c12. The van der Waals surface area contributed by atoms with E-state index in [4.69, 9.17) is 9.84 Å². The Kier molecular flexibility index (Phi) is 3.84. The van der Waals surface area contributed by atoms with Crippen molar-refractivity contribution in [2.24, 2.45) is 0 Å². The van der Waals surface area contributed by atoms with Gasteiger partial charge in [-0.2, -0.15) is 0 Å². The quantitative estimate of drug-likeness (QED) is 0.921. The molecule has 1 aliphatic rings. The average Bonchev–Trinajstić information content (AvgIpc) is 2.85. The average molecular weight is 323 g/mol. The molecular formula is C15H14FNO4S. The molecule has 1 fully saturated rings. The maximum Gasteiger partial charge on any atom is 0.334 e. The van der Waals surface area contributed by atoms with Crippen molar-refractivity contribution >= 4 is 33.3 Å². The van der Waals surface area contributed by atoms with Crippen LogP contribution in [-0.4, -0.2) is 47.7 Å². The number of amides is 1. The number of benzene rings is 1. The number of carboxylic acids is 1. The first kappa shape index (κ1) is 14.9. The lowest BCUT2D eigenvalue weighted by Crippen LogP contribution is -2.48. The molecule has 22 heavy (non-hydrogen) atoms. The van der Waals surface area contributed by atoms with Crippen LogP contribution in [0.2, 0.25) is 0 Å². The van der Waals surface area contributed by atoms with E-state index in [2.05, 4.69) is 0 Å². The normalized spacial score (nSPS) is 18.6. The second-order valence-corrected chi connectivity index (χ2v) is 6.17. The minimum Gasteiger partial charge on any atom is -0.479 e. The predicted molar refractivity (Wildman–Crippen MR) is 79.8 cm³/mol. The highest BCUT2D eigenvalue weighted by molar-refractivity contribution is 7.21. The summed E-state index contributed by atoms with van der Waals surface area (Å²) in [7, 11) is 0. The van der Waals surface area contributed by atoms with E-state index in [-0.39, 0.29) is 24.9 Å². The van der Waals surface area contributed by atoms with Crippen LogP contribution in [0.25, 0.3) is 10.1 Å². The Bertz CT molecular complexity index is 757. The molecule has 1 aromatic heterocycles. The van der Waals surface area contributed by atoms with Crippen molar-refractivity contribution in [1.82, 2.24) is 4.90 Å². The van der Waals surface area contributed by atoms with Gasteiger partial charge in [0.2, 0.25) is 0 Å². The number of aliphatic carboxylic acids is 1. The molecule has 1 atom stereocenters. The third-order valence-corrected chi connectivity index (χ3v) is 4.97. The molecule has 0 radical (unpaired) electrons. The van der Waals surface area contributed by atoms with E-state index in [0.29, 0.717) is 27.1 Å². The Balaban J connectivity index is 1.94. The zero-order valence-electron chi connectivity index (χ0n) is 11.8. The highest BCUT2D eigenvalue weighted by Gasteiger charge is 2.31. The molecule has 2 aromatic rings. The van der Waals surface area contributed by atoms with Crippen molar-refractivity contribution in [1.29, 1.82) is 0 Å². The van der Waals surface area contributed by atoms with Crippen LogP contribution in [0.5, 0.6) is 0 Å². The summed E-state index contributed by atoms with van der Waals surface area (Å²) in [5.41, 5.74) is 0.599. The molecule has 7 heteroatoms. The maximum absolute atomic E-state index is 13.9. The molecule has 116 valence electrons. The maximum atomic E-state index is 13.9. The fraction of sp³-hybridized carbons (Fsp3) is 0.333. The van der Waals surface area contributed by atoms with E-state index in [1.165, 1.54) is 22.3 Å². The smallest absolute Gasteiger partial charge is 0.334 e. The van der Waals surface area contributed by atoms with E-state index >= 15 is 0 Å². The van der Waals surface area contributed by atoms with Gasteiger partial charge in [0, 0.05) is 16.6 Å². The first-order valence-electron chi connectivity index (χ1n) is 6.80. The van der Waals surface area contributed by atoms with Gasteiger partial charge in [-0.05, 0) is 24.6 Å². The van der Waals surface area contributed by atoms with Gasteiger partial charge in [0.25, 0.3) is 5.91 Å². The van der Waals surface area contributed by atoms with E-state index in [1.807, 2.05) is 0 Å². The van der Waals surface area contributed by atoms with E-state index in [0.717, 1.165) is 0 Å². The van der Waals surface area contributed by atoms with Gasteiger partial charge in [-0.15, -0.1) is 11.3 Å². The molecule has 1 aromatic carbocycles. The summed E-state index contributed by atoms with van der Waals surface area (Å²) in [6.45, 7) is 2.23. The first-order valence-corrected chi connectivity index (χ1v) is 7.62. The number of fused-ring (bicyclic) bond motifs is 1. The summed E-state index contributed by atoms with van der Waals surface area (Å²) >= 11 is 1.23. The Morgan fingerprint density at radius 3 is 2.91 bits per heavy atom. The second-order valence-electron chi connectivity index (χ2n) is 5.12. The van der Waals surface area contributed by atoms with E-state index in [9.17, 15) is 14.0 Å². The highest BCUT2D eigenvalue weighted by atomic mass is 32.1. The molecular weight excluding hydrogens is 309 g/mol. The fourth-order valence-corrected chi connectivity index (χ4v) is 3.77. The minimum atomic E-state index is -1.09. The third kappa shape index (κ3) is 2.46. The molecule has 1 N–H and O–H groups in total. The molecule has 0 unspecified atom stereocenters. The molecule has 1 aliphatic heterocycles. The number of hydrogen-bond donors (Lipinski definition) is 1. The van der Waals surface area contributed by atoms with Gasteiger partial charge >= 0.3 is 5.97 Å². The van der Waals surface area contributed by atoms with Crippen LogP contribution in [0.3, 0.4) is 0 Å². The number of carbonyl (C=O) groups excluding carboxylic acids is 1. The predicted octanol–water partition coefficient (Wildman–Crippen LogP) is 2.27. The van der Waals surface area contributed by atoms with Gasteiger partial charge in [-0.3, -0.25) is 4.79 Å². The summed E-state index contributed by atoms with van der Waals surface area (Å²) in [6, 6.07) is 4.74. The van der Waals surface area contributed by atoms with Gasteiger partial charge < -0.3 is 14.7 Å². The molecule has 0 spiro atoms. The van der Waals surface area contributed by atoms with Crippen molar-refractivity contribution in [3.8, 4) is 0 Å². The monoisotopic (exact) mass is 323 g/mol. The topological polar surface area (TPSA) is 66.8 Å². The Hall–Kier alpha value is -1.99. The lowest BCUT2D eigenvalue weighted by atomic mass is 10.1. The van der Waals surface area contributed by atoms with Gasteiger partial charge in [0.1, 0.15) is 5.82 Å². The van der Waals surface area contributed by atoms with Crippen LogP contribution in [0.1, 0.15) is 15.2 Å². The number of morpholine rings is 1. The molecule has 1 amide bonds. The molecule has 0 aliphatic carbocycles. The number of ether oxygens (including phenoxy) is 1. The summed E-state index contributed by atoms with van der Waals surface area (Å²) in [5, 5.41) is 9.46. The number of carboxylic acid groups (broad SMARTS) is 1. The Labute approximate surface area is 129 Å². The molecule has 3 rings (SSSR count). The molecule has 0 bridgehead atoms. The number of rotatable bonds is 2.